The van der Waals surface area contributed by atoms with E-state index in [2.05, 4.69) is 4.98 Å². The molecule has 0 unspecified atom stereocenters. The molecule has 1 aliphatic heterocycles. The van der Waals surface area contributed by atoms with E-state index in [1.165, 1.54) is 12.1 Å². The Labute approximate surface area is 145 Å². The summed E-state index contributed by atoms with van der Waals surface area (Å²) in [5.41, 5.74) is -0.815. The molecule has 3 rings (SSSR count). The van der Waals surface area contributed by atoms with Crippen molar-refractivity contribution in [2.75, 3.05) is 36.0 Å². The fraction of sp³-hybridized carbons (Fsp3) is 0.312. The zero-order valence-corrected chi connectivity index (χ0v) is 13.4. The monoisotopic (exact) mass is 370 g/mol. The van der Waals surface area contributed by atoms with Crippen LogP contribution in [0.25, 0.3) is 0 Å². The van der Waals surface area contributed by atoms with Crippen LogP contribution in [0, 0.1) is 15.9 Å². The number of nitrogens with zero attached hydrogens (tertiary/aromatic N) is 4. The van der Waals surface area contributed by atoms with E-state index in [4.69, 9.17) is 0 Å². The van der Waals surface area contributed by atoms with Gasteiger partial charge in [-0.2, -0.15) is 13.2 Å². The van der Waals surface area contributed by atoms with Gasteiger partial charge in [-0.05, 0) is 24.3 Å². The highest BCUT2D eigenvalue weighted by Crippen LogP contribution is 2.31. The number of pyridine rings is 1. The van der Waals surface area contributed by atoms with Gasteiger partial charge in [0.05, 0.1) is 16.6 Å². The first-order chi connectivity index (χ1) is 12.3. The molecule has 10 heteroatoms. The first kappa shape index (κ1) is 17.9. The van der Waals surface area contributed by atoms with Crippen LogP contribution >= 0.6 is 0 Å². The molecule has 1 aromatic carbocycles. The average molecular weight is 370 g/mol. The highest BCUT2D eigenvalue weighted by atomic mass is 19.4. The lowest BCUT2D eigenvalue weighted by molar-refractivity contribution is -0.384. The summed E-state index contributed by atoms with van der Waals surface area (Å²) >= 11 is 0. The number of anilines is 2. The number of piperazine rings is 1. The van der Waals surface area contributed by atoms with Gasteiger partial charge in [-0.15, -0.1) is 0 Å². The molecule has 0 aliphatic carbocycles. The van der Waals surface area contributed by atoms with Crippen LogP contribution in [0.4, 0.5) is 34.8 Å². The number of halogens is 4. The van der Waals surface area contributed by atoms with E-state index in [0.29, 0.717) is 37.7 Å². The minimum atomic E-state index is -4.44. The van der Waals surface area contributed by atoms with Crippen molar-refractivity contribution in [3.8, 4) is 0 Å². The van der Waals surface area contributed by atoms with Crippen LogP contribution < -0.4 is 9.80 Å². The third-order valence-corrected chi connectivity index (χ3v) is 4.15. The molecule has 0 atom stereocenters. The first-order valence-electron chi connectivity index (χ1n) is 7.73. The summed E-state index contributed by atoms with van der Waals surface area (Å²) in [5, 5.41) is 11.1. The predicted octanol–water partition coefficient (Wildman–Crippen LogP) is 3.47. The largest absolute Gasteiger partial charge is 0.417 e. The topological polar surface area (TPSA) is 62.5 Å². The Morgan fingerprint density at radius 3 is 2.23 bits per heavy atom. The first-order valence-corrected chi connectivity index (χ1v) is 7.73. The maximum atomic E-state index is 13.3. The fourth-order valence-corrected chi connectivity index (χ4v) is 2.83. The van der Waals surface area contributed by atoms with Gasteiger partial charge in [0.1, 0.15) is 17.3 Å². The molecule has 0 saturated carbocycles. The highest BCUT2D eigenvalue weighted by Gasteiger charge is 2.31. The summed E-state index contributed by atoms with van der Waals surface area (Å²) in [6, 6.07) is 5.67. The van der Waals surface area contributed by atoms with Gasteiger partial charge in [-0.1, -0.05) is 0 Å². The van der Waals surface area contributed by atoms with E-state index in [1.807, 2.05) is 0 Å². The summed E-state index contributed by atoms with van der Waals surface area (Å²) in [5.74, 6) is -0.278. The number of nitro groups is 1. The van der Waals surface area contributed by atoms with Crippen molar-refractivity contribution in [3.63, 3.8) is 0 Å². The lowest BCUT2D eigenvalue weighted by Crippen LogP contribution is -2.47. The minimum Gasteiger partial charge on any atom is -0.362 e. The molecule has 138 valence electrons. The Kier molecular flexibility index (Phi) is 4.66. The predicted molar refractivity (Wildman–Crippen MR) is 86.7 cm³/mol. The fourth-order valence-electron chi connectivity index (χ4n) is 2.83. The van der Waals surface area contributed by atoms with Gasteiger partial charge >= 0.3 is 6.18 Å². The van der Waals surface area contributed by atoms with Crippen molar-refractivity contribution in [1.29, 1.82) is 0 Å². The van der Waals surface area contributed by atoms with Gasteiger partial charge in [0.15, 0.2) is 0 Å². The molecule has 6 nitrogen and oxygen atoms in total. The van der Waals surface area contributed by atoms with E-state index in [9.17, 15) is 27.7 Å². The van der Waals surface area contributed by atoms with E-state index in [0.717, 1.165) is 24.4 Å². The summed E-state index contributed by atoms with van der Waals surface area (Å²) in [6.45, 7) is 1.64. The summed E-state index contributed by atoms with van der Waals surface area (Å²) in [4.78, 5) is 17.9. The molecule has 1 aliphatic rings. The van der Waals surface area contributed by atoms with Gasteiger partial charge in [-0.25, -0.2) is 9.37 Å². The van der Waals surface area contributed by atoms with Crippen molar-refractivity contribution in [2.24, 2.45) is 0 Å². The van der Waals surface area contributed by atoms with Crippen molar-refractivity contribution in [1.82, 2.24) is 4.98 Å². The van der Waals surface area contributed by atoms with Crippen molar-refractivity contribution in [2.45, 2.75) is 6.18 Å². The maximum Gasteiger partial charge on any atom is 0.417 e. The third kappa shape index (κ3) is 3.68. The molecular formula is C16H14F4N4O2. The number of benzene rings is 1. The van der Waals surface area contributed by atoms with E-state index in [1.54, 1.807) is 9.80 Å². The van der Waals surface area contributed by atoms with Gasteiger partial charge in [0, 0.05) is 32.4 Å². The normalized spacial score (nSPS) is 15.2. The smallest absolute Gasteiger partial charge is 0.362 e. The SMILES string of the molecule is O=[N+]([O-])c1cc(F)ccc1N1CCN(c2ccc(C(F)(F)F)cn2)CC1. The molecular weight excluding hydrogens is 356 g/mol. The van der Waals surface area contributed by atoms with Crippen molar-refractivity contribution >= 4 is 17.2 Å². The summed E-state index contributed by atoms with van der Waals surface area (Å²) < 4.78 is 51.0. The number of rotatable bonds is 3. The highest BCUT2D eigenvalue weighted by molar-refractivity contribution is 5.64. The number of hydrogen-bond donors (Lipinski definition) is 0. The molecule has 0 spiro atoms. The molecule has 1 aromatic heterocycles. The molecule has 2 heterocycles. The second-order valence-corrected chi connectivity index (χ2v) is 5.77. The quantitative estimate of drug-likeness (QED) is 0.470. The molecule has 1 saturated heterocycles. The number of alkyl halides is 3. The maximum absolute atomic E-state index is 13.3. The Morgan fingerprint density at radius 2 is 1.69 bits per heavy atom. The minimum absolute atomic E-state index is 0.314. The molecule has 0 radical (unpaired) electrons. The van der Waals surface area contributed by atoms with E-state index < -0.39 is 22.5 Å². The van der Waals surface area contributed by atoms with Gasteiger partial charge in [0.25, 0.3) is 5.69 Å². The summed E-state index contributed by atoms with van der Waals surface area (Å²) in [7, 11) is 0. The van der Waals surface area contributed by atoms with E-state index >= 15 is 0 Å². The number of hydrogen-bond acceptors (Lipinski definition) is 5. The third-order valence-electron chi connectivity index (χ3n) is 4.15. The Morgan fingerprint density at radius 1 is 1.04 bits per heavy atom. The van der Waals surface area contributed by atoms with Crippen LogP contribution in [0.1, 0.15) is 5.56 Å². The molecule has 1 fully saturated rings. The second kappa shape index (κ2) is 6.77. The second-order valence-electron chi connectivity index (χ2n) is 5.77. The van der Waals surface area contributed by atoms with Crippen LogP contribution in [-0.4, -0.2) is 36.1 Å². The van der Waals surface area contributed by atoms with Gasteiger partial charge in [-0.3, -0.25) is 10.1 Å². The lowest BCUT2D eigenvalue weighted by Gasteiger charge is -2.36. The van der Waals surface area contributed by atoms with Crippen molar-refractivity contribution in [3.05, 3.63) is 58.0 Å². The lowest BCUT2D eigenvalue weighted by atomic mass is 10.2. The van der Waals surface area contributed by atoms with Crippen LogP contribution in [0.5, 0.6) is 0 Å². The summed E-state index contributed by atoms with van der Waals surface area (Å²) in [6.07, 6.45) is -3.65. The molecule has 0 amide bonds. The number of aromatic nitrogens is 1. The van der Waals surface area contributed by atoms with Crippen LogP contribution in [0.3, 0.4) is 0 Å². The molecule has 0 N–H and O–H groups in total. The zero-order chi connectivity index (χ0) is 18.9. The molecule has 2 aromatic rings. The molecule has 26 heavy (non-hydrogen) atoms. The van der Waals surface area contributed by atoms with E-state index in [-0.39, 0.29) is 5.69 Å². The zero-order valence-electron chi connectivity index (χ0n) is 13.4. The van der Waals surface area contributed by atoms with Crippen LogP contribution in [0.15, 0.2) is 36.5 Å². The van der Waals surface area contributed by atoms with Gasteiger partial charge < -0.3 is 9.80 Å². The van der Waals surface area contributed by atoms with Crippen molar-refractivity contribution < 1.29 is 22.5 Å². The average Bonchev–Trinajstić information content (AvgIpc) is 2.61. The standard InChI is InChI=1S/C16H14F4N4O2/c17-12-2-3-13(14(9-12)24(25)26)22-5-7-23(8-6-22)15-4-1-11(10-21-15)16(18,19)20/h1-4,9-10H,5-8H2. The number of nitro benzene ring substituents is 1. The van der Waals surface area contributed by atoms with Crippen LogP contribution in [-0.2, 0) is 6.18 Å². The Balaban J connectivity index is 1.71. The van der Waals surface area contributed by atoms with Gasteiger partial charge in [0.2, 0.25) is 0 Å². The van der Waals surface area contributed by atoms with Crippen LogP contribution in [0.2, 0.25) is 0 Å². The molecule has 0 bridgehead atoms. The Hall–Kier alpha value is -2.91. The Bertz CT molecular complexity index is 803.